The maximum absolute atomic E-state index is 13.9. The lowest BCUT2D eigenvalue weighted by Crippen LogP contribution is -2.42. The highest BCUT2D eigenvalue weighted by Gasteiger charge is 2.34. The maximum atomic E-state index is 13.9. The summed E-state index contributed by atoms with van der Waals surface area (Å²) in [6.07, 6.45) is 5.65. The van der Waals surface area contributed by atoms with Gasteiger partial charge in [-0.3, -0.25) is 9.69 Å². The van der Waals surface area contributed by atoms with E-state index in [-0.39, 0.29) is 12.5 Å². The van der Waals surface area contributed by atoms with E-state index >= 15 is 0 Å². The van der Waals surface area contributed by atoms with E-state index in [0.29, 0.717) is 48.7 Å². The Kier molecular flexibility index (Phi) is 8.03. The lowest BCUT2D eigenvalue weighted by atomic mass is 9.83. The Labute approximate surface area is 260 Å². The zero-order valence-corrected chi connectivity index (χ0v) is 25.8. The first-order chi connectivity index (χ1) is 21.0. The molecule has 2 aromatic heterocycles. The summed E-state index contributed by atoms with van der Waals surface area (Å²) in [7, 11) is 0. The summed E-state index contributed by atoms with van der Waals surface area (Å²) in [5.74, 6) is -0.555. The number of hydrogen-bond acceptors (Lipinski definition) is 5. The van der Waals surface area contributed by atoms with Gasteiger partial charge in [-0.2, -0.15) is 0 Å². The number of fused-ring (bicyclic) bond motifs is 2. The minimum Gasteiger partial charge on any atom is -0.477 e. The van der Waals surface area contributed by atoms with E-state index in [0.717, 1.165) is 65.8 Å². The van der Waals surface area contributed by atoms with E-state index in [1.54, 1.807) is 0 Å². The number of morpholine rings is 1. The third-order valence-electron chi connectivity index (χ3n) is 9.29. The van der Waals surface area contributed by atoms with E-state index in [1.807, 2.05) is 29.2 Å². The predicted molar refractivity (Wildman–Crippen MR) is 170 cm³/mol. The Bertz CT molecular complexity index is 1640. The summed E-state index contributed by atoms with van der Waals surface area (Å²) in [6.45, 7) is 4.43. The molecular weight excluding hydrogens is 582 g/mol. The van der Waals surface area contributed by atoms with Crippen LogP contribution in [0.4, 0.5) is 0 Å². The molecule has 0 radical (unpaired) electrons. The Morgan fingerprint density at radius 3 is 2.28 bits per heavy atom. The Morgan fingerprint density at radius 2 is 1.63 bits per heavy atom. The predicted octanol–water partition coefficient (Wildman–Crippen LogP) is 7.14. The summed E-state index contributed by atoms with van der Waals surface area (Å²) in [6, 6.07) is 16.3. The third-order valence-corrected chi connectivity index (χ3v) is 10.8. The molecule has 4 heterocycles. The summed E-state index contributed by atoms with van der Waals surface area (Å²) in [5.41, 5.74) is 7.55. The Morgan fingerprint density at radius 1 is 0.953 bits per heavy atom. The summed E-state index contributed by atoms with van der Waals surface area (Å²) in [5, 5.41) is 11.2. The molecule has 7 rings (SSSR count). The number of aromatic nitrogens is 1. The average Bonchev–Trinajstić information content (AvgIpc) is 3.70. The van der Waals surface area contributed by atoms with Gasteiger partial charge in [-0.1, -0.05) is 67.3 Å². The van der Waals surface area contributed by atoms with Gasteiger partial charge in [0, 0.05) is 43.3 Å². The van der Waals surface area contributed by atoms with Crippen molar-refractivity contribution in [2.24, 2.45) is 0 Å². The number of hydrogen-bond donors (Lipinski definition) is 1. The highest BCUT2D eigenvalue weighted by Crippen LogP contribution is 2.49. The number of ether oxygens (including phenoxy) is 1. The SMILES string of the molecule is O=C(O)c1sc2c(C3CCCCC3)c(-c3ccc(Cl)cc3)n(CC(=O)N3CCOCC3)c2c1CN1Cc2ccccc2C1. The van der Waals surface area contributed by atoms with Gasteiger partial charge in [-0.15, -0.1) is 11.3 Å². The van der Waals surface area contributed by atoms with Crippen LogP contribution in [0.15, 0.2) is 48.5 Å². The van der Waals surface area contributed by atoms with Crippen LogP contribution in [0.25, 0.3) is 21.5 Å². The van der Waals surface area contributed by atoms with Crippen molar-refractivity contribution in [2.45, 2.75) is 64.2 Å². The van der Waals surface area contributed by atoms with Crippen molar-refractivity contribution in [3.8, 4) is 11.3 Å². The van der Waals surface area contributed by atoms with Crippen LogP contribution in [0.3, 0.4) is 0 Å². The number of nitrogens with zero attached hydrogens (tertiary/aromatic N) is 3. The summed E-state index contributed by atoms with van der Waals surface area (Å²) in [4.78, 5) is 31.3. The second-order valence-corrected chi connectivity index (χ2v) is 13.4. The lowest BCUT2D eigenvalue weighted by molar-refractivity contribution is -0.135. The highest BCUT2D eigenvalue weighted by atomic mass is 35.5. The van der Waals surface area contributed by atoms with Gasteiger partial charge in [0.2, 0.25) is 5.91 Å². The number of thiophene rings is 1. The normalized spacial score (nSPS) is 17.9. The van der Waals surface area contributed by atoms with Crippen LogP contribution >= 0.6 is 22.9 Å². The van der Waals surface area contributed by atoms with E-state index in [9.17, 15) is 14.7 Å². The molecule has 7 nitrogen and oxygen atoms in total. The number of rotatable bonds is 7. The van der Waals surface area contributed by atoms with Gasteiger partial charge in [0.1, 0.15) is 11.4 Å². The number of carboxylic acid groups (broad SMARTS) is 1. The fraction of sp³-hybridized carbons (Fsp3) is 0.412. The molecule has 1 saturated heterocycles. The molecule has 224 valence electrons. The smallest absolute Gasteiger partial charge is 0.346 e. The molecule has 2 fully saturated rings. The number of aromatic carboxylic acids is 1. The van der Waals surface area contributed by atoms with E-state index < -0.39 is 5.97 Å². The van der Waals surface area contributed by atoms with Crippen LogP contribution in [0.1, 0.15) is 69.9 Å². The van der Waals surface area contributed by atoms with Crippen molar-refractivity contribution < 1.29 is 19.4 Å². The number of benzene rings is 2. The fourth-order valence-electron chi connectivity index (χ4n) is 7.24. The molecule has 4 aromatic rings. The molecule has 1 amide bonds. The Balaban J connectivity index is 1.42. The van der Waals surface area contributed by atoms with Gasteiger partial charge in [0.05, 0.1) is 29.1 Å². The molecule has 2 aromatic carbocycles. The van der Waals surface area contributed by atoms with Crippen molar-refractivity contribution in [3.63, 3.8) is 0 Å². The zero-order chi connectivity index (χ0) is 29.5. The van der Waals surface area contributed by atoms with E-state index in [2.05, 4.69) is 33.7 Å². The number of halogens is 1. The molecule has 0 atom stereocenters. The topological polar surface area (TPSA) is 75.0 Å². The first-order valence-corrected chi connectivity index (χ1v) is 16.5. The second kappa shape index (κ2) is 12.1. The van der Waals surface area contributed by atoms with Crippen LogP contribution < -0.4 is 0 Å². The van der Waals surface area contributed by atoms with E-state index in [4.69, 9.17) is 16.3 Å². The van der Waals surface area contributed by atoms with Crippen LogP contribution in [0.5, 0.6) is 0 Å². The Hall–Kier alpha value is -3.17. The van der Waals surface area contributed by atoms with Gasteiger partial charge in [0.25, 0.3) is 0 Å². The number of carbonyl (C=O) groups excluding carboxylic acids is 1. The van der Waals surface area contributed by atoms with Crippen molar-refractivity contribution in [2.75, 3.05) is 26.3 Å². The standard InChI is InChI=1S/C34H36ClN3O4S/c35-26-12-10-23(11-13-26)30-29(22-6-2-1-3-7-22)33-31(38(30)21-28(39)37-14-16-42-17-15-37)27(32(43-33)34(40)41)20-36-18-24-8-4-5-9-25(24)19-36/h4-5,8-13,22H,1-3,6-7,14-21H2,(H,40,41). The summed E-state index contributed by atoms with van der Waals surface area (Å²) >= 11 is 7.73. The first-order valence-electron chi connectivity index (χ1n) is 15.3. The van der Waals surface area contributed by atoms with Gasteiger partial charge in [0.15, 0.2) is 0 Å². The lowest BCUT2D eigenvalue weighted by Gasteiger charge is -2.28. The van der Waals surface area contributed by atoms with Crippen LogP contribution in [-0.2, 0) is 35.7 Å². The second-order valence-electron chi connectivity index (χ2n) is 12.0. The number of carboxylic acids is 1. The molecular formula is C34H36ClN3O4S. The van der Waals surface area contributed by atoms with Gasteiger partial charge in [-0.05, 0) is 53.1 Å². The number of carbonyl (C=O) groups is 2. The van der Waals surface area contributed by atoms with Crippen LogP contribution in [0, 0.1) is 0 Å². The molecule has 1 saturated carbocycles. The molecule has 0 bridgehead atoms. The van der Waals surface area contributed by atoms with E-state index in [1.165, 1.54) is 34.4 Å². The minimum absolute atomic E-state index is 0.0354. The molecule has 1 aliphatic carbocycles. The molecule has 0 unspecified atom stereocenters. The average molecular weight is 618 g/mol. The zero-order valence-electron chi connectivity index (χ0n) is 24.2. The first kappa shape index (κ1) is 28.6. The molecule has 0 spiro atoms. The fourth-order valence-corrected chi connectivity index (χ4v) is 8.65. The van der Waals surface area contributed by atoms with Crippen LogP contribution in [0.2, 0.25) is 5.02 Å². The minimum atomic E-state index is -0.901. The van der Waals surface area contributed by atoms with Crippen molar-refractivity contribution in [1.29, 1.82) is 0 Å². The highest BCUT2D eigenvalue weighted by molar-refractivity contribution is 7.21. The van der Waals surface area contributed by atoms with Crippen molar-refractivity contribution in [1.82, 2.24) is 14.4 Å². The quantitative estimate of drug-likeness (QED) is 0.238. The number of amides is 1. The molecule has 1 N–H and O–H groups in total. The largest absolute Gasteiger partial charge is 0.477 e. The molecule has 2 aliphatic heterocycles. The third kappa shape index (κ3) is 5.50. The molecule has 3 aliphatic rings. The molecule has 9 heteroatoms. The van der Waals surface area contributed by atoms with Gasteiger partial charge in [-0.25, -0.2) is 4.79 Å². The van der Waals surface area contributed by atoms with Gasteiger partial charge < -0.3 is 19.3 Å². The maximum Gasteiger partial charge on any atom is 0.346 e. The summed E-state index contributed by atoms with van der Waals surface area (Å²) < 4.78 is 8.70. The molecule has 43 heavy (non-hydrogen) atoms. The van der Waals surface area contributed by atoms with Gasteiger partial charge >= 0.3 is 5.97 Å². The monoisotopic (exact) mass is 617 g/mol. The van der Waals surface area contributed by atoms with Crippen LogP contribution in [-0.4, -0.2) is 57.7 Å². The van der Waals surface area contributed by atoms with Crippen molar-refractivity contribution >= 4 is 45.0 Å². The van der Waals surface area contributed by atoms with Crippen molar-refractivity contribution in [3.05, 3.63) is 80.7 Å².